The number of hydrogen-bond acceptors (Lipinski definition) is 6. The molecule has 34 heavy (non-hydrogen) atoms. The summed E-state index contributed by atoms with van der Waals surface area (Å²) in [5, 5.41) is 0. The topological polar surface area (TPSA) is 86.7 Å². The number of hydrogen-bond donors (Lipinski definition) is 0. The Hall–Kier alpha value is -2.24. The number of ketones is 2. The molecule has 7 rings (SSSR count). The van der Waals surface area contributed by atoms with Crippen molar-refractivity contribution in [3.05, 3.63) is 24.3 Å². The first-order chi connectivity index (χ1) is 16.2. The Labute approximate surface area is 199 Å². The van der Waals surface area contributed by atoms with Crippen LogP contribution < -0.4 is 0 Å². The van der Waals surface area contributed by atoms with Gasteiger partial charge in [0.2, 0.25) is 0 Å². The molecule has 2 saturated heterocycles. The van der Waals surface area contributed by atoms with Crippen LogP contribution in [0.15, 0.2) is 24.3 Å². The molecule has 2 heterocycles. The molecule has 5 aliphatic carbocycles. The van der Waals surface area contributed by atoms with E-state index in [2.05, 4.69) is 26.5 Å². The number of carbonyl (C=O) groups excluding carboxylic acids is 4. The van der Waals surface area contributed by atoms with Crippen LogP contribution >= 0.6 is 0 Å². The van der Waals surface area contributed by atoms with E-state index in [4.69, 9.17) is 9.47 Å². The number of Topliss-reactive ketones (excluding diaryl/α,β-unsaturated/α-hetero) is 1. The van der Waals surface area contributed by atoms with Crippen LogP contribution in [0.5, 0.6) is 0 Å². The van der Waals surface area contributed by atoms with Crippen molar-refractivity contribution in [2.45, 2.75) is 64.6 Å². The summed E-state index contributed by atoms with van der Waals surface area (Å²) in [6.07, 6.45) is 6.98. The molecule has 6 heteroatoms. The van der Waals surface area contributed by atoms with Gasteiger partial charge in [0.1, 0.15) is 18.0 Å². The van der Waals surface area contributed by atoms with Crippen molar-refractivity contribution >= 4 is 23.5 Å². The van der Waals surface area contributed by atoms with Gasteiger partial charge >= 0.3 is 11.9 Å². The second-order valence-corrected chi connectivity index (χ2v) is 12.6. The molecular formula is C28H32O6. The third kappa shape index (κ3) is 2.29. The van der Waals surface area contributed by atoms with Gasteiger partial charge in [0, 0.05) is 35.2 Å². The van der Waals surface area contributed by atoms with Crippen molar-refractivity contribution in [2.24, 2.45) is 58.2 Å². The van der Waals surface area contributed by atoms with Crippen LogP contribution in [0.2, 0.25) is 0 Å². The van der Waals surface area contributed by atoms with E-state index in [9.17, 15) is 19.2 Å². The maximum atomic E-state index is 13.8. The summed E-state index contributed by atoms with van der Waals surface area (Å²) in [5.41, 5.74) is -0.860. The molecule has 4 saturated carbocycles. The van der Waals surface area contributed by atoms with E-state index in [-0.39, 0.29) is 83.1 Å². The van der Waals surface area contributed by atoms with E-state index in [1.165, 1.54) is 0 Å². The number of esters is 2. The number of carbonyl (C=O) groups is 4. The Kier molecular flexibility index (Phi) is 4.03. The normalized spacial score (nSPS) is 54.9. The van der Waals surface area contributed by atoms with Gasteiger partial charge in [-0.2, -0.15) is 0 Å². The van der Waals surface area contributed by atoms with Crippen molar-refractivity contribution < 1.29 is 28.7 Å². The SMILES string of the molecule is C=C1C(=O)O[C@@H]2C[C@@H](C)[C@H]3[C@H]4CC(=O)[C@]3(C[C@H]12)C[C@@]41C(=O)O[C@@H]2C[C@@H](C)[C@@H]3C=CC(=O)[C@@H]3C[C@@H]21. The van der Waals surface area contributed by atoms with Gasteiger partial charge in [-0.3, -0.25) is 14.4 Å². The Bertz CT molecular complexity index is 1090. The molecule has 0 aromatic rings. The predicted molar refractivity (Wildman–Crippen MR) is 120 cm³/mol. The summed E-state index contributed by atoms with van der Waals surface area (Å²) < 4.78 is 11.8. The van der Waals surface area contributed by atoms with Gasteiger partial charge in [-0.15, -0.1) is 0 Å². The predicted octanol–water partition coefficient (Wildman–Crippen LogP) is 3.44. The van der Waals surface area contributed by atoms with Crippen molar-refractivity contribution in [3.8, 4) is 0 Å². The van der Waals surface area contributed by atoms with E-state index in [0.29, 0.717) is 37.7 Å². The molecule has 2 bridgehead atoms. The van der Waals surface area contributed by atoms with Crippen LogP contribution in [-0.2, 0) is 28.7 Å². The first-order valence-corrected chi connectivity index (χ1v) is 13.0. The maximum absolute atomic E-state index is 13.8. The summed E-state index contributed by atoms with van der Waals surface area (Å²) in [6, 6.07) is 0. The van der Waals surface area contributed by atoms with Crippen LogP contribution in [0, 0.1) is 58.2 Å². The lowest BCUT2D eigenvalue weighted by molar-refractivity contribution is -0.153. The highest BCUT2D eigenvalue weighted by Crippen LogP contribution is 2.75. The maximum Gasteiger partial charge on any atom is 0.334 e. The molecule has 180 valence electrons. The zero-order valence-corrected chi connectivity index (χ0v) is 19.8. The summed E-state index contributed by atoms with van der Waals surface area (Å²) in [7, 11) is 0. The average Bonchev–Trinajstić information content (AvgIpc) is 3.46. The van der Waals surface area contributed by atoms with Gasteiger partial charge in [0.05, 0.1) is 5.41 Å². The minimum absolute atomic E-state index is 0.0316. The zero-order chi connectivity index (χ0) is 23.7. The van der Waals surface area contributed by atoms with Gasteiger partial charge in [0.25, 0.3) is 0 Å². The minimum Gasteiger partial charge on any atom is -0.462 e. The van der Waals surface area contributed by atoms with E-state index in [1.54, 1.807) is 6.08 Å². The molecule has 0 N–H and O–H groups in total. The van der Waals surface area contributed by atoms with E-state index in [1.807, 2.05) is 0 Å². The monoisotopic (exact) mass is 464 g/mol. The molecule has 0 radical (unpaired) electrons. The molecule has 6 fully saturated rings. The van der Waals surface area contributed by atoms with Gasteiger partial charge in [-0.1, -0.05) is 26.5 Å². The van der Waals surface area contributed by atoms with Gasteiger partial charge < -0.3 is 9.47 Å². The van der Waals surface area contributed by atoms with Gasteiger partial charge in [-0.25, -0.2) is 4.79 Å². The first kappa shape index (κ1) is 21.1. The molecule has 0 amide bonds. The van der Waals surface area contributed by atoms with Crippen molar-refractivity contribution in [1.82, 2.24) is 0 Å². The third-order valence-corrected chi connectivity index (χ3v) is 11.4. The van der Waals surface area contributed by atoms with E-state index in [0.717, 1.165) is 6.42 Å². The molecule has 2 aliphatic heterocycles. The molecule has 0 unspecified atom stereocenters. The molecule has 12 atom stereocenters. The molecule has 1 spiro atoms. The standard InChI is InChI=1S/C28H32O6/c1-12-6-22-18(8-16-15(12)4-5-20(16)29)28(26(32)34-22)11-27-10-17-14(3)25(31)33-21(17)7-13(2)24(27)19(28)9-23(27)30/h4-5,12-13,15-19,21-22,24H,3,6-11H2,1-2H3/t12-,13-,15+,16-,17-,18+,19-,21-,22-,24+,27+,28+/m1/s1. The molecule has 6 nitrogen and oxygen atoms in total. The van der Waals surface area contributed by atoms with Crippen molar-refractivity contribution in [1.29, 1.82) is 0 Å². The van der Waals surface area contributed by atoms with Crippen LogP contribution in [0.25, 0.3) is 0 Å². The Balaban J connectivity index is 1.32. The minimum atomic E-state index is -0.702. The lowest BCUT2D eigenvalue weighted by atomic mass is 9.59. The Morgan fingerprint density at radius 1 is 0.941 bits per heavy atom. The average molecular weight is 465 g/mol. The summed E-state index contributed by atoms with van der Waals surface area (Å²) in [4.78, 5) is 52.6. The summed E-state index contributed by atoms with van der Waals surface area (Å²) >= 11 is 0. The van der Waals surface area contributed by atoms with Crippen LogP contribution in [-0.4, -0.2) is 35.7 Å². The molecule has 0 aromatic heterocycles. The van der Waals surface area contributed by atoms with E-state index >= 15 is 0 Å². The number of fused-ring (bicyclic) bond motifs is 5. The highest BCUT2D eigenvalue weighted by molar-refractivity contribution is 5.96. The third-order valence-electron chi connectivity index (χ3n) is 11.4. The van der Waals surface area contributed by atoms with Gasteiger partial charge in [0.15, 0.2) is 5.78 Å². The highest BCUT2D eigenvalue weighted by atomic mass is 16.6. The fourth-order valence-electron chi connectivity index (χ4n) is 10.1. The highest BCUT2D eigenvalue weighted by Gasteiger charge is 2.78. The second-order valence-electron chi connectivity index (χ2n) is 12.6. The van der Waals surface area contributed by atoms with Crippen LogP contribution in [0.3, 0.4) is 0 Å². The van der Waals surface area contributed by atoms with Crippen molar-refractivity contribution in [3.63, 3.8) is 0 Å². The molecule has 7 aliphatic rings. The molecular weight excluding hydrogens is 432 g/mol. The fraction of sp³-hybridized carbons (Fsp3) is 0.714. The molecule has 0 aromatic carbocycles. The quantitative estimate of drug-likeness (QED) is 0.403. The fourth-order valence-corrected chi connectivity index (χ4v) is 10.1. The largest absolute Gasteiger partial charge is 0.462 e. The number of allylic oxidation sites excluding steroid dienone is 2. The summed E-state index contributed by atoms with van der Waals surface area (Å²) in [6.45, 7) is 8.35. The van der Waals surface area contributed by atoms with Crippen molar-refractivity contribution in [2.75, 3.05) is 0 Å². The van der Waals surface area contributed by atoms with Crippen LogP contribution in [0.4, 0.5) is 0 Å². The lowest BCUT2D eigenvalue weighted by Crippen LogP contribution is -2.45. The second kappa shape index (κ2) is 6.50. The van der Waals surface area contributed by atoms with Gasteiger partial charge in [-0.05, 0) is 67.8 Å². The first-order valence-electron chi connectivity index (χ1n) is 13.0. The van der Waals surface area contributed by atoms with Crippen LogP contribution in [0.1, 0.15) is 52.4 Å². The number of rotatable bonds is 0. The zero-order valence-electron chi connectivity index (χ0n) is 19.8. The Morgan fingerprint density at radius 2 is 1.71 bits per heavy atom. The number of ether oxygens (including phenoxy) is 2. The van der Waals surface area contributed by atoms with E-state index < -0.39 is 10.8 Å². The Morgan fingerprint density at radius 3 is 2.50 bits per heavy atom. The lowest BCUT2D eigenvalue weighted by Gasteiger charge is -2.39. The smallest absolute Gasteiger partial charge is 0.334 e. The summed E-state index contributed by atoms with van der Waals surface area (Å²) in [5.74, 6) is 0.312.